The quantitative estimate of drug-likeness (QED) is 0.498. The predicted molar refractivity (Wildman–Crippen MR) is 123 cm³/mol. The Bertz CT molecular complexity index is 1280. The molecule has 0 aliphatic carbocycles. The number of thiazole rings is 1. The van der Waals surface area contributed by atoms with Crippen molar-refractivity contribution in [1.29, 1.82) is 0 Å². The van der Waals surface area contributed by atoms with Crippen LogP contribution in [0.5, 0.6) is 5.75 Å². The van der Waals surface area contributed by atoms with Crippen LogP contribution in [0.25, 0.3) is 22.0 Å². The molecule has 3 aromatic carbocycles. The lowest BCUT2D eigenvalue weighted by molar-refractivity contribution is -0.121. The number of nitrogens with one attached hydrogen (secondary N) is 1. The van der Waals surface area contributed by atoms with E-state index >= 15 is 0 Å². The Hall–Kier alpha value is -3.71. The van der Waals surface area contributed by atoms with Gasteiger partial charge < -0.3 is 15.0 Å². The van der Waals surface area contributed by atoms with Crippen LogP contribution in [0.1, 0.15) is 6.42 Å². The minimum absolute atomic E-state index is 0.0144. The third-order valence-corrected chi connectivity index (χ3v) is 5.94. The fraction of sp³-hybridized carbons (Fsp3) is 0.125. The molecule has 5 rings (SSSR count). The number of carbonyl (C=O) groups is 2. The monoisotopic (exact) mass is 429 g/mol. The predicted octanol–water partition coefficient (Wildman–Crippen LogP) is 4.72. The van der Waals surface area contributed by atoms with Crippen LogP contribution in [0.4, 0.5) is 10.8 Å². The number of aromatic nitrogens is 1. The van der Waals surface area contributed by atoms with Crippen LogP contribution in [-0.2, 0) is 9.59 Å². The summed E-state index contributed by atoms with van der Waals surface area (Å²) in [6.07, 6.45) is 0.170. The van der Waals surface area contributed by atoms with Crippen LogP contribution in [0.2, 0.25) is 0 Å². The van der Waals surface area contributed by atoms with Gasteiger partial charge in [0.1, 0.15) is 5.75 Å². The van der Waals surface area contributed by atoms with E-state index in [1.54, 1.807) is 4.90 Å². The number of hydrogen-bond donors (Lipinski definition) is 1. The average molecular weight is 430 g/mol. The van der Waals surface area contributed by atoms with Gasteiger partial charge in [0.15, 0.2) is 11.7 Å². The summed E-state index contributed by atoms with van der Waals surface area (Å²) in [6, 6.07) is 21.6. The normalized spacial score (nSPS) is 13.0. The Morgan fingerprint density at radius 2 is 1.87 bits per heavy atom. The van der Waals surface area contributed by atoms with Crippen LogP contribution >= 0.6 is 11.3 Å². The third kappa shape index (κ3) is 3.87. The average Bonchev–Trinajstić information content (AvgIpc) is 3.26. The summed E-state index contributed by atoms with van der Waals surface area (Å²) in [7, 11) is 0. The van der Waals surface area contributed by atoms with Crippen LogP contribution in [0.3, 0.4) is 0 Å². The van der Waals surface area contributed by atoms with E-state index in [1.807, 2.05) is 53.9 Å². The minimum atomic E-state index is -0.185. The zero-order valence-electron chi connectivity index (χ0n) is 16.6. The molecule has 0 unspecified atom stereocenters. The Kier molecular flexibility index (Phi) is 5.09. The van der Waals surface area contributed by atoms with E-state index in [9.17, 15) is 9.59 Å². The molecule has 1 aromatic heterocycles. The summed E-state index contributed by atoms with van der Waals surface area (Å²) in [6.45, 7) is 0.270. The van der Waals surface area contributed by atoms with Gasteiger partial charge in [0.2, 0.25) is 5.91 Å². The van der Waals surface area contributed by atoms with E-state index < -0.39 is 0 Å². The summed E-state index contributed by atoms with van der Waals surface area (Å²) < 4.78 is 5.44. The Morgan fingerprint density at radius 3 is 2.81 bits per heavy atom. The Morgan fingerprint density at radius 1 is 1.06 bits per heavy atom. The summed E-state index contributed by atoms with van der Waals surface area (Å²) in [4.78, 5) is 31.0. The van der Waals surface area contributed by atoms with E-state index in [-0.39, 0.29) is 31.4 Å². The lowest BCUT2D eigenvalue weighted by Gasteiger charge is -2.29. The molecule has 2 amide bonds. The van der Waals surface area contributed by atoms with Gasteiger partial charge in [0, 0.05) is 23.9 Å². The third-order valence-electron chi connectivity index (χ3n) is 5.19. The highest BCUT2D eigenvalue weighted by Crippen LogP contribution is 2.32. The summed E-state index contributed by atoms with van der Waals surface area (Å²) >= 11 is 1.39. The van der Waals surface area contributed by atoms with Crippen molar-refractivity contribution >= 4 is 44.7 Å². The number of para-hydroxylation sites is 2. The summed E-state index contributed by atoms with van der Waals surface area (Å²) in [5.41, 5.74) is 2.55. The van der Waals surface area contributed by atoms with Crippen molar-refractivity contribution in [3.63, 3.8) is 0 Å². The van der Waals surface area contributed by atoms with Crippen molar-refractivity contribution < 1.29 is 14.3 Å². The molecule has 154 valence electrons. The first-order valence-electron chi connectivity index (χ1n) is 9.95. The summed E-state index contributed by atoms with van der Waals surface area (Å²) in [5, 5.41) is 7.61. The molecule has 1 N–H and O–H groups in total. The number of anilines is 2. The van der Waals surface area contributed by atoms with Crippen LogP contribution in [0.15, 0.2) is 72.1 Å². The topological polar surface area (TPSA) is 71.5 Å². The van der Waals surface area contributed by atoms with E-state index in [2.05, 4.69) is 28.5 Å². The van der Waals surface area contributed by atoms with Crippen molar-refractivity contribution in [2.24, 2.45) is 0 Å². The fourth-order valence-electron chi connectivity index (χ4n) is 3.70. The molecule has 31 heavy (non-hydrogen) atoms. The molecule has 0 atom stereocenters. The maximum absolute atomic E-state index is 12.5. The van der Waals surface area contributed by atoms with Crippen LogP contribution < -0.4 is 15.0 Å². The smallest absolute Gasteiger partial charge is 0.265 e. The Balaban J connectivity index is 1.27. The van der Waals surface area contributed by atoms with Gasteiger partial charge in [0.25, 0.3) is 5.91 Å². The lowest BCUT2D eigenvalue weighted by atomic mass is 10.0. The zero-order chi connectivity index (χ0) is 21.2. The number of fused-ring (bicyclic) bond motifs is 2. The molecule has 1 aliphatic heterocycles. The first-order chi connectivity index (χ1) is 15.2. The largest absolute Gasteiger partial charge is 0.482 e. The van der Waals surface area contributed by atoms with Gasteiger partial charge in [0.05, 0.1) is 11.4 Å². The lowest BCUT2D eigenvalue weighted by Crippen LogP contribution is -2.40. The molecule has 1 aliphatic rings. The molecular formula is C24H19N3O3S. The highest BCUT2D eigenvalue weighted by Gasteiger charge is 2.25. The zero-order valence-corrected chi connectivity index (χ0v) is 17.4. The molecule has 0 spiro atoms. The van der Waals surface area contributed by atoms with Gasteiger partial charge in [-0.05, 0) is 22.9 Å². The molecule has 6 nitrogen and oxygen atoms in total. The molecule has 0 fully saturated rings. The number of carbonyl (C=O) groups excluding carboxylic acids is 2. The molecule has 4 aromatic rings. The number of amides is 2. The maximum atomic E-state index is 12.5. The van der Waals surface area contributed by atoms with Gasteiger partial charge >= 0.3 is 0 Å². The second-order valence-corrected chi connectivity index (χ2v) is 8.02. The molecule has 2 heterocycles. The van der Waals surface area contributed by atoms with Crippen molar-refractivity contribution in [3.8, 4) is 17.0 Å². The first kappa shape index (κ1) is 19.3. The van der Waals surface area contributed by atoms with Crippen molar-refractivity contribution in [1.82, 2.24) is 4.98 Å². The second kappa shape index (κ2) is 8.20. The van der Waals surface area contributed by atoms with Crippen LogP contribution in [0, 0.1) is 0 Å². The van der Waals surface area contributed by atoms with E-state index in [4.69, 9.17) is 4.74 Å². The van der Waals surface area contributed by atoms with E-state index in [0.29, 0.717) is 16.6 Å². The Labute approximate surface area is 183 Å². The minimum Gasteiger partial charge on any atom is -0.482 e. The molecule has 0 bridgehead atoms. The van der Waals surface area contributed by atoms with Gasteiger partial charge in [-0.15, -0.1) is 11.3 Å². The van der Waals surface area contributed by atoms with Gasteiger partial charge in [-0.3, -0.25) is 9.59 Å². The molecule has 0 radical (unpaired) electrons. The van der Waals surface area contributed by atoms with Crippen LogP contribution in [-0.4, -0.2) is 29.9 Å². The van der Waals surface area contributed by atoms with Crippen molar-refractivity contribution in [2.45, 2.75) is 6.42 Å². The number of benzene rings is 3. The standard InChI is InChI=1S/C24H19N3O3S/c28-22(12-13-27-20-10-3-4-11-21(20)30-14-23(27)29)26-24-25-19(15-31-24)18-9-5-7-16-6-1-2-8-17(16)18/h1-11,15H,12-14H2,(H,25,26,28). The summed E-state index contributed by atoms with van der Waals surface area (Å²) in [5.74, 6) is 0.316. The first-order valence-corrected chi connectivity index (χ1v) is 10.8. The molecular weight excluding hydrogens is 410 g/mol. The highest BCUT2D eigenvalue weighted by molar-refractivity contribution is 7.14. The van der Waals surface area contributed by atoms with E-state index in [0.717, 1.165) is 22.0 Å². The highest BCUT2D eigenvalue weighted by atomic mass is 32.1. The molecule has 7 heteroatoms. The number of ether oxygens (including phenoxy) is 1. The number of rotatable bonds is 5. The molecule has 0 saturated heterocycles. The SMILES string of the molecule is O=C(CCN1C(=O)COc2ccccc21)Nc1nc(-c2cccc3ccccc23)cs1. The number of nitrogens with zero attached hydrogens (tertiary/aromatic N) is 2. The van der Waals surface area contributed by atoms with Gasteiger partial charge in [-0.25, -0.2) is 4.98 Å². The second-order valence-electron chi connectivity index (χ2n) is 7.16. The van der Waals surface area contributed by atoms with Crippen molar-refractivity contribution in [2.75, 3.05) is 23.4 Å². The molecule has 0 saturated carbocycles. The maximum Gasteiger partial charge on any atom is 0.265 e. The fourth-order valence-corrected chi connectivity index (χ4v) is 4.42. The van der Waals surface area contributed by atoms with Crippen molar-refractivity contribution in [3.05, 3.63) is 72.1 Å². The van der Waals surface area contributed by atoms with E-state index in [1.165, 1.54) is 11.3 Å². The van der Waals surface area contributed by atoms with Gasteiger partial charge in [-0.2, -0.15) is 0 Å². The van der Waals surface area contributed by atoms with Gasteiger partial charge in [-0.1, -0.05) is 54.6 Å². The number of hydrogen-bond acceptors (Lipinski definition) is 5.